The van der Waals surface area contributed by atoms with Crippen LogP contribution in [-0.4, -0.2) is 17.0 Å². The van der Waals surface area contributed by atoms with Crippen molar-refractivity contribution in [2.45, 2.75) is 13.3 Å². The molecule has 0 fully saturated rings. The Labute approximate surface area is 97.8 Å². The standard InChI is InChI=1S/C11H13IO2/c1-2-14-11(13)10-5-3-9(4-6-10)7-8-12/h3-6H,2,7-8H2,1H3. The normalized spacial score (nSPS) is 9.86. The molecule has 0 unspecified atom stereocenters. The zero-order chi connectivity index (χ0) is 10.4. The number of carbonyl (C=O) groups excluding carboxylic acids is 1. The van der Waals surface area contributed by atoms with E-state index < -0.39 is 0 Å². The van der Waals surface area contributed by atoms with Crippen LogP contribution >= 0.6 is 22.6 Å². The van der Waals surface area contributed by atoms with Gasteiger partial charge in [-0.15, -0.1) is 0 Å². The summed E-state index contributed by atoms with van der Waals surface area (Å²) in [5.41, 5.74) is 1.89. The quantitative estimate of drug-likeness (QED) is 0.486. The van der Waals surface area contributed by atoms with Crippen molar-refractivity contribution in [1.82, 2.24) is 0 Å². The van der Waals surface area contributed by atoms with Gasteiger partial charge in [0.2, 0.25) is 0 Å². The summed E-state index contributed by atoms with van der Waals surface area (Å²) in [5, 5.41) is 0. The van der Waals surface area contributed by atoms with Gasteiger partial charge in [0.25, 0.3) is 0 Å². The lowest BCUT2D eigenvalue weighted by molar-refractivity contribution is 0.0526. The molecule has 14 heavy (non-hydrogen) atoms. The molecule has 0 bridgehead atoms. The summed E-state index contributed by atoms with van der Waals surface area (Å²) in [6.07, 6.45) is 1.05. The SMILES string of the molecule is CCOC(=O)c1ccc(CCI)cc1. The van der Waals surface area contributed by atoms with Gasteiger partial charge in [-0.25, -0.2) is 4.79 Å². The monoisotopic (exact) mass is 304 g/mol. The maximum Gasteiger partial charge on any atom is 0.338 e. The second-order valence-electron chi connectivity index (χ2n) is 2.86. The maximum absolute atomic E-state index is 11.3. The predicted octanol–water partition coefficient (Wildman–Crippen LogP) is 2.84. The molecule has 0 spiro atoms. The van der Waals surface area contributed by atoms with E-state index >= 15 is 0 Å². The number of hydrogen-bond acceptors (Lipinski definition) is 2. The number of aryl methyl sites for hydroxylation is 1. The number of carbonyl (C=O) groups is 1. The highest BCUT2D eigenvalue weighted by molar-refractivity contribution is 14.1. The molecule has 76 valence electrons. The lowest BCUT2D eigenvalue weighted by Crippen LogP contribution is -2.04. The number of alkyl halides is 1. The molecular formula is C11H13IO2. The van der Waals surface area contributed by atoms with Gasteiger partial charge in [0, 0.05) is 4.43 Å². The van der Waals surface area contributed by atoms with E-state index in [1.165, 1.54) is 5.56 Å². The van der Waals surface area contributed by atoms with Crippen molar-refractivity contribution < 1.29 is 9.53 Å². The number of rotatable bonds is 4. The molecule has 1 aromatic carbocycles. The summed E-state index contributed by atoms with van der Waals surface area (Å²) in [5.74, 6) is -0.242. The largest absolute Gasteiger partial charge is 0.462 e. The van der Waals surface area contributed by atoms with Gasteiger partial charge in [-0.3, -0.25) is 0 Å². The van der Waals surface area contributed by atoms with Gasteiger partial charge in [0.1, 0.15) is 0 Å². The molecule has 2 nitrogen and oxygen atoms in total. The zero-order valence-corrected chi connectivity index (χ0v) is 10.3. The summed E-state index contributed by atoms with van der Waals surface area (Å²) in [7, 11) is 0. The molecule has 1 aromatic rings. The maximum atomic E-state index is 11.3. The molecular weight excluding hydrogens is 291 g/mol. The highest BCUT2D eigenvalue weighted by atomic mass is 127. The molecule has 0 aliphatic heterocycles. The lowest BCUT2D eigenvalue weighted by atomic mass is 10.1. The minimum atomic E-state index is -0.242. The topological polar surface area (TPSA) is 26.3 Å². The van der Waals surface area contributed by atoms with E-state index in [0.717, 1.165) is 10.8 Å². The van der Waals surface area contributed by atoms with Crippen molar-refractivity contribution in [2.75, 3.05) is 11.0 Å². The molecule has 0 amide bonds. The van der Waals surface area contributed by atoms with E-state index in [4.69, 9.17) is 4.74 Å². The third-order valence-corrected chi connectivity index (χ3v) is 2.39. The van der Waals surface area contributed by atoms with Crippen LogP contribution in [0, 0.1) is 0 Å². The number of hydrogen-bond donors (Lipinski definition) is 0. The molecule has 0 aromatic heterocycles. The fraction of sp³-hybridized carbons (Fsp3) is 0.364. The van der Waals surface area contributed by atoms with Gasteiger partial charge < -0.3 is 4.74 Å². The van der Waals surface area contributed by atoms with E-state index in [-0.39, 0.29) is 5.97 Å². The highest BCUT2D eigenvalue weighted by Gasteiger charge is 2.04. The van der Waals surface area contributed by atoms with Crippen LogP contribution in [0.1, 0.15) is 22.8 Å². The summed E-state index contributed by atoms with van der Waals surface area (Å²) in [6.45, 7) is 2.23. The summed E-state index contributed by atoms with van der Waals surface area (Å²) >= 11 is 2.33. The molecule has 0 radical (unpaired) electrons. The van der Waals surface area contributed by atoms with Crippen LogP contribution in [0.5, 0.6) is 0 Å². The smallest absolute Gasteiger partial charge is 0.338 e. The third kappa shape index (κ3) is 3.29. The Morgan fingerprint density at radius 1 is 1.36 bits per heavy atom. The van der Waals surface area contributed by atoms with Crippen molar-refractivity contribution in [3.05, 3.63) is 35.4 Å². The summed E-state index contributed by atoms with van der Waals surface area (Å²) in [4.78, 5) is 11.3. The number of esters is 1. The van der Waals surface area contributed by atoms with E-state index in [9.17, 15) is 4.79 Å². The second-order valence-corrected chi connectivity index (χ2v) is 3.94. The second kappa shape index (κ2) is 6.01. The molecule has 1 rings (SSSR count). The van der Waals surface area contributed by atoms with Crippen LogP contribution in [-0.2, 0) is 11.2 Å². The average molecular weight is 304 g/mol. The minimum Gasteiger partial charge on any atom is -0.462 e. The Balaban J connectivity index is 2.67. The van der Waals surface area contributed by atoms with Gasteiger partial charge in [0.05, 0.1) is 12.2 Å². The molecule has 0 aliphatic rings. The fourth-order valence-electron chi connectivity index (χ4n) is 1.13. The Kier molecular flexibility index (Phi) is 4.93. The molecule has 0 heterocycles. The Bertz CT molecular complexity index is 293. The van der Waals surface area contributed by atoms with Crippen molar-refractivity contribution in [1.29, 1.82) is 0 Å². The molecule has 0 saturated heterocycles. The highest BCUT2D eigenvalue weighted by Crippen LogP contribution is 2.07. The number of halogens is 1. The predicted molar refractivity (Wildman–Crippen MR) is 65.0 cm³/mol. The Morgan fingerprint density at radius 2 is 2.00 bits per heavy atom. The molecule has 0 atom stereocenters. The first-order valence-electron chi connectivity index (χ1n) is 4.60. The van der Waals surface area contributed by atoms with E-state index in [0.29, 0.717) is 12.2 Å². The molecule has 0 aliphatic carbocycles. The van der Waals surface area contributed by atoms with Crippen molar-refractivity contribution in [3.8, 4) is 0 Å². The van der Waals surface area contributed by atoms with Crippen LogP contribution < -0.4 is 0 Å². The van der Waals surface area contributed by atoms with Crippen LogP contribution in [0.25, 0.3) is 0 Å². The van der Waals surface area contributed by atoms with Gasteiger partial charge in [-0.2, -0.15) is 0 Å². The van der Waals surface area contributed by atoms with Crippen LogP contribution in [0.3, 0.4) is 0 Å². The van der Waals surface area contributed by atoms with Gasteiger partial charge >= 0.3 is 5.97 Å². The zero-order valence-electron chi connectivity index (χ0n) is 8.13. The van der Waals surface area contributed by atoms with E-state index in [2.05, 4.69) is 22.6 Å². The molecule has 0 saturated carbocycles. The minimum absolute atomic E-state index is 0.242. The van der Waals surface area contributed by atoms with Gasteiger partial charge in [-0.1, -0.05) is 34.7 Å². The first kappa shape index (κ1) is 11.5. The van der Waals surface area contributed by atoms with Crippen LogP contribution in [0.2, 0.25) is 0 Å². The van der Waals surface area contributed by atoms with Crippen molar-refractivity contribution >= 4 is 28.6 Å². The fourth-order valence-corrected chi connectivity index (χ4v) is 1.75. The first-order chi connectivity index (χ1) is 6.77. The molecule has 0 N–H and O–H groups in total. The van der Waals surface area contributed by atoms with Crippen molar-refractivity contribution in [3.63, 3.8) is 0 Å². The lowest BCUT2D eigenvalue weighted by Gasteiger charge is -2.02. The average Bonchev–Trinajstić information content (AvgIpc) is 2.20. The molecule has 3 heteroatoms. The number of ether oxygens (including phenoxy) is 1. The van der Waals surface area contributed by atoms with E-state index in [1.807, 2.05) is 31.2 Å². The van der Waals surface area contributed by atoms with Crippen molar-refractivity contribution in [2.24, 2.45) is 0 Å². The summed E-state index contributed by atoms with van der Waals surface area (Å²) in [6, 6.07) is 7.59. The first-order valence-corrected chi connectivity index (χ1v) is 6.12. The Morgan fingerprint density at radius 3 is 2.50 bits per heavy atom. The van der Waals surface area contributed by atoms with Crippen LogP contribution in [0.4, 0.5) is 0 Å². The van der Waals surface area contributed by atoms with Gasteiger partial charge in [-0.05, 0) is 31.0 Å². The number of benzene rings is 1. The van der Waals surface area contributed by atoms with Crippen LogP contribution in [0.15, 0.2) is 24.3 Å². The third-order valence-electron chi connectivity index (χ3n) is 1.85. The summed E-state index contributed by atoms with van der Waals surface area (Å²) < 4.78 is 5.98. The van der Waals surface area contributed by atoms with E-state index in [1.54, 1.807) is 0 Å². The van der Waals surface area contributed by atoms with Gasteiger partial charge in [0.15, 0.2) is 0 Å². The Hall–Kier alpha value is -0.580.